The maximum Gasteiger partial charge on any atom is 0.232 e. The third kappa shape index (κ3) is 1.80. The van der Waals surface area contributed by atoms with Gasteiger partial charge in [0.25, 0.3) is 0 Å². The van der Waals surface area contributed by atoms with Crippen molar-refractivity contribution in [3.05, 3.63) is 36.0 Å². The molecule has 0 bridgehead atoms. The van der Waals surface area contributed by atoms with Crippen molar-refractivity contribution in [2.24, 2.45) is 0 Å². The molecule has 3 aromatic rings. The van der Waals surface area contributed by atoms with Gasteiger partial charge in [0.2, 0.25) is 11.7 Å². The fourth-order valence-electron chi connectivity index (χ4n) is 2.49. The summed E-state index contributed by atoms with van der Waals surface area (Å²) in [5.74, 6) is 1.45. The minimum atomic E-state index is 0.220. The van der Waals surface area contributed by atoms with Crippen molar-refractivity contribution in [1.29, 1.82) is 0 Å². The highest BCUT2D eigenvalue weighted by Crippen LogP contribution is 2.26. The van der Waals surface area contributed by atoms with Crippen LogP contribution in [0, 0.1) is 6.92 Å². The summed E-state index contributed by atoms with van der Waals surface area (Å²) in [6.45, 7) is 3.46. The van der Waals surface area contributed by atoms with Gasteiger partial charge in [-0.15, -0.1) is 0 Å². The summed E-state index contributed by atoms with van der Waals surface area (Å²) in [4.78, 5) is 8.86. The van der Waals surface area contributed by atoms with Gasteiger partial charge in [0, 0.05) is 12.8 Å². The number of fused-ring (bicyclic) bond motifs is 1. The van der Waals surface area contributed by atoms with Crippen molar-refractivity contribution in [3.63, 3.8) is 0 Å². The molecule has 1 saturated heterocycles. The van der Waals surface area contributed by atoms with E-state index < -0.39 is 0 Å². The Morgan fingerprint density at radius 2 is 2.30 bits per heavy atom. The van der Waals surface area contributed by atoms with Crippen LogP contribution in [0.25, 0.3) is 17.2 Å². The van der Waals surface area contributed by atoms with Gasteiger partial charge >= 0.3 is 0 Å². The molecule has 4 rings (SSSR count). The summed E-state index contributed by atoms with van der Waals surface area (Å²) in [7, 11) is 0. The molecule has 0 spiro atoms. The normalized spacial score (nSPS) is 18.9. The fourth-order valence-corrected chi connectivity index (χ4v) is 2.49. The zero-order valence-electron chi connectivity index (χ0n) is 11.1. The number of aryl methyl sites for hydroxylation is 1. The number of hydrogen-bond acceptors (Lipinski definition) is 5. The average Bonchev–Trinajstić information content (AvgIpc) is 3.17. The molecule has 0 N–H and O–H groups in total. The Kier molecular flexibility index (Phi) is 2.56. The number of imidazole rings is 1. The van der Waals surface area contributed by atoms with Crippen molar-refractivity contribution < 1.29 is 9.26 Å². The lowest BCUT2D eigenvalue weighted by molar-refractivity contribution is 0.189. The second-order valence-corrected chi connectivity index (χ2v) is 5.09. The predicted octanol–water partition coefficient (Wildman–Crippen LogP) is 2.20. The van der Waals surface area contributed by atoms with Crippen molar-refractivity contribution >= 4 is 5.65 Å². The van der Waals surface area contributed by atoms with Crippen LogP contribution in [0.3, 0.4) is 0 Å². The average molecular weight is 270 g/mol. The molecule has 1 aliphatic heterocycles. The van der Waals surface area contributed by atoms with E-state index in [0.29, 0.717) is 18.3 Å². The molecule has 4 heterocycles. The van der Waals surface area contributed by atoms with Crippen LogP contribution in [0.15, 0.2) is 29.0 Å². The van der Waals surface area contributed by atoms with E-state index in [0.717, 1.165) is 29.9 Å². The molecule has 0 unspecified atom stereocenters. The van der Waals surface area contributed by atoms with E-state index in [4.69, 9.17) is 9.26 Å². The summed E-state index contributed by atoms with van der Waals surface area (Å²) in [5, 5.41) is 4.08. The van der Waals surface area contributed by atoms with Gasteiger partial charge < -0.3 is 9.26 Å². The summed E-state index contributed by atoms with van der Waals surface area (Å²) >= 11 is 0. The van der Waals surface area contributed by atoms with E-state index in [1.165, 1.54) is 0 Å². The van der Waals surface area contributed by atoms with Gasteiger partial charge in [0.15, 0.2) is 0 Å². The smallest absolute Gasteiger partial charge is 0.232 e. The minimum Gasteiger partial charge on any atom is -0.381 e. The molecule has 102 valence electrons. The van der Waals surface area contributed by atoms with Gasteiger partial charge in [-0.2, -0.15) is 4.98 Å². The molecular formula is C14H14N4O2. The molecule has 6 heteroatoms. The zero-order chi connectivity index (χ0) is 13.5. The molecule has 1 fully saturated rings. The maximum atomic E-state index is 5.37. The number of pyridine rings is 1. The summed E-state index contributed by atoms with van der Waals surface area (Å²) in [6.07, 6.45) is 4.73. The lowest BCUT2D eigenvalue weighted by atomic mass is 10.1. The number of ether oxygens (including phenoxy) is 1. The Morgan fingerprint density at radius 3 is 3.15 bits per heavy atom. The Bertz CT molecular complexity index is 755. The van der Waals surface area contributed by atoms with Gasteiger partial charge in [-0.3, -0.25) is 4.40 Å². The SMILES string of the molecule is Cc1ccc2ncc(-c3noc([C@H]4CCOC4)n3)n2c1. The van der Waals surface area contributed by atoms with Crippen LogP contribution in [0.5, 0.6) is 0 Å². The highest BCUT2D eigenvalue weighted by Gasteiger charge is 2.24. The first-order valence-corrected chi connectivity index (χ1v) is 6.67. The van der Waals surface area contributed by atoms with Gasteiger partial charge in [0.1, 0.15) is 11.3 Å². The molecular weight excluding hydrogens is 256 g/mol. The molecule has 0 aromatic carbocycles. The van der Waals surface area contributed by atoms with Crippen LogP contribution in [0.4, 0.5) is 0 Å². The van der Waals surface area contributed by atoms with E-state index in [9.17, 15) is 0 Å². The maximum absolute atomic E-state index is 5.37. The quantitative estimate of drug-likeness (QED) is 0.714. The van der Waals surface area contributed by atoms with E-state index >= 15 is 0 Å². The molecule has 3 aromatic heterocycles. The van der Waals surface area contributed by atoms with Gasteiger partial charge in [-0.1, -0.05) is 11.2 Å². The third-order valence-corrected chi connectivity index (χ3v) is 3.60. The number of rotatable bonds is 2. The summed E-state index contributed by atoms with van der Waals surface area (Å²) in [5.41, 5.74) is 2.88. The topological polar surface area (TPSA) is 65.5 Å². The highest BCUT2D eigenvalue weighted by molar-refractivity contribution is 5.56. The molecule has 20 heavy (non-hydrogen) atoms. The van der Waals surface area contributed by atoms with Gasteiger partial charge in [-0.05, 0) is 25.0 Å². The first kappa shape index (κ1) is 11.6. The third-order valence-electron chi connectivity index (χ3n) is 3.60. The Hall–Kier alpha value is -2.21. The molecule has 1 atom stereocenters. The molecule has 0 aliphatic carbocycles. The van der Waals surface area contributed by atoms with Crippen LogP contribution >= 0.6 is 0 Å². The first-order valence-electron chi connectivity index (χ1n) is 6.67. The standard InChI is InChI=1S/C14H14N4O2/c1-9-2-3-12-15-6-11(18(12)7-9)13-16-14(20-17-13)10-4-5-19-8-10/h2-3,6-7,10H,4-5,8H2,1H3/t10-/m0/s1. The Balaban J connectivity index is 1.77. The largest absolute Gasteiger partial charge is 0.381 e. The van der Waals surface area contributed by atoms with E-state index in [1.807, 2.05) is 29.7 Å². The second-order valence-electron chi connectivity index (χ2n) is 5.09. The Morgan fingerprint density at radius 1 is 1.35 bits per heavy atom. The van der Waals surface area contributed by atoms with Crippen molar-refractivity contribution in [2.75, 3.05) is 13.2 Å². The Labute approximate surface area is 115 Å². The van der Waals surface area contributed by atoms with E-state index in [1.54, 1.807) is 6.20 Å². The lowest BCUT2D eigenvalue weighted by Crippen LogP contribution is -1.97. The number of hydrogen-bond donors (Lipinski definition) is 0. The fraction of sp³-hybridized carbons (Fsp3) is 0.357. The summed E-state index contributed by atoms with van der Waals surface area (Å²) in [6, 6.07) is 4.01. The van der Waals surface area contributed by atoms with Crippen LogP contribution in [0.1, 0.15) is 23.8 Å². The zero-order valence-corrected chi connectivity index (χ0v) is 11.1. The lowest BCUT2D eigenvalue weighted by Gasteiger charge is -1.99. The van der Waals surface area contributed by atoms with Crippen LogP contribution < -0.4 is 0 Å². The first-order chi connectivity index (χ1) is 9.81. The van der Waals surface area contributed by atoms with Crippen LogP contribution in [-0.2, 0) is 4.74 Å². The highest BCUT2D eigenvalue weighted by atomic mass is 16.5. The van der Waals surface area contributed by atoms with Crippen molar-refractivity contribution in [2.45, 2.75) is 19.3 Å². The van der Waals surface area contributed by atoms with Crippen LogP contribution in [0.2, 0.25) is 0 Å². The van der Waals surface area contributed by atoms with Gasteiger partial charge in [0.05, 0.1) is 18.7 Å². The monoisotopic (exact) mass is 270 g/mol. The van der Waals surface area contributed by atoms with Crippen LogP contribution in [-0.4, -0.2) is 32.7 Å². The predicted molar refractivity (Wildman–Crippen MR) is 71.4 cm³/mol. The molecule has 1 aliphatic rings. The minimum absolute atomic E-state index is 0.220. The molecule has 0 amide bonds. The summed E-state index contributed by atoms with van der Waals surface area (Å²) < 4.78 is 12.7. The van der Waals surface area contributed by atoms with Crippen molar-refractivity contribution in [1.82, 2.24) is 19.5 Å². The van der Waals surface area contributed by atoms with E-state index in [-0.39, 0.29) is 5.92 Å². The van der Waals surface area contributed by atoms with Crippen molar-refractivity contribution in [3.8, 4) is 11.5 Å². The van der Waals surface area contributed by atoms with E-state index in [2.05, 4.69) is 15.1 Å². The number of nitrogens with zero attached hydrogens (tertiary/aromatic N) is 4. The molecule has 0 saturated carbocycles. The number of aromatic nitrogens is 4. The second kappa shape index (κ2) is 4.42. The van der Waals surface area contributed by atoms with Gasteiger partial charge in [-0.25, -0.2) is 4.98 Å². The molecule has 0 radical (unpaired) electrons. The molecule has 6 nitrogen and oxygen atoms in total.